The number of nitrogens with one attached hydrogen (secondary N) is 1. The molecule has 6 nitrogen and oxygen atoms in total. The van der Waals surface area contributed by atoms with Crippen LogP contribution < -0.4 is 5.32 Å². The van der Waals surface area contributed by atoms with E-state index in [-0.39, 0.29) is 18.0 Å². The fourth-order valence-electron chi connectivity index (χ4n) is 2.35. The van der Waals surface area contributed by atoms with Gasteiger partial charge in [0.25, 0.3) is 0 Å². The Morgan fingerprint density at radius 2 is 2.41 bits per heavy atom. The van der Waals surface area contributed by atoms with Gasteiger partial charge in [0, 0.05) is 26.2 Å². The minimum atomic E-state index is -0.549. The number of hydrogen-bond donors (Lipinski definition) is 1. The molecule has 2 aliphatic heterocycles. The number of urea groups is 1. The average Bonchev–Trinajstić information content (AvgIpc) is 2.72. The highest BCUT2D eigenvalue weighted by atomic mass is 16.2. The molecule has 2 rings (SSSR count). The van der Waals surface area contributed by atoms with Crippen LogP contribution in [-0.2, 0) is 4.79 Å². The van der Waals surface area contributed by atoms with Crippen LogP contribution in [0.3, 0.4) is 0 Å². The van der Waals surface area contributed by atoms with Gasteiger partial charge in [-0.1, -0.05) is 6.92 Å². The number of nitriles is 1. The number of nitrogens with zero attached hydrogens (tertiary/aromatic N) is 3. The maximum atomic E-state index is 12.0. The zero-order chi connectivity index (χ0) is 12.4. The SMILES string of the molecule is CCC(C#N)C(=O)N1CCN2C(=O)NCC2C1. The summed E-state index contributed by atoms with van der Waals surface area (Å²) in [5.74, 6) is -0.652. The van der Waals surface area contributed by atoms with E-state index in [9.17, 15) is 9.59 Å². The minimum absolute atomic E-state index is 0.0468. The summed E-state index contributed by atoms with van der Waals surface area (Å²) in [4.78, 5) is 26.9. The van der Waals surface area contributed by atoms with Gasteiger partial charge in [-0.3, -0.25) is 4.79 Å². The van der Waals surface area contributed by atoms with Crippen LogP contribution in [0, 0.1) is 17.2 Å². The third-order valence-corrected chi connectivity index (χ3v) is 3.41. The van der Waals surface area contributed by atoms with Crippen molar-refractivity contribution in [1.82, 2.24) is 15.1 Å². The van der Waals surface area contributed by atoms with Crippen LogP contribution in [-0.4, -0.2) is 54.0 Å². The molecule has 2 saturated heterocycles. The van der Waals surface area contributed by atoms with Crippen molar-refractivity contribution in [2.75, 3.05) is 26.2 Å². The fourth-order valence-corrected chi connectivity index (χ4v) is 2.35. The van der Waals surface area contributed by atoms with E-state index in [1.807, 2.05) is 13.0 Å². The van der Waals surface area contributed by atoms with E-state index in [4.69, 9.17) is 5.26 Å². The molecule has 2 aliphatic rings. The predicted molar refractivity (Wildman–Crippen MR) is 59.9 cm³/mol. The Kier molecular flexibility index (Phi) is 3.18. The minimum Gasteiger partial charge on any atom is -0.338 e. The van der Waals surface area contributed by atoms with Gasteiger partial charge in [-0.2, -0.15) is 5.26 Å². The maximum absolute atomic E-state index is 12.0. The summed E-state index contributed by atoms with van der Waals surface area (Å²) in [5, 5.41) is 11.6. The molecule has 2 atom stereocenters. The number of piperazine rings is 1. The zero-order valence-electron chi connectivity index (χ0n) is 9.85. The number of rotatable bonds is 2. The second kappa shape index (κ2) is 4.62. The lowest BCUT2D eigenvalue weighted by molar-refractivity contribution is -0.136. The van der Waals surface area contributed by atoms with Crippen LogP contribution in [0.4, 0.5) is 4.79 Å². The molecule has 0 saturated carbocycles. The van der Waals surface area contributed by atoms with Crippen LogP contribution in [0.2, 0.25) is 0 Å². The molecule has 2 unspecified atom stereocenters. The number of fused-ring (bicyclic) bond motifs is 1. The average molecular weight is 236 g/mol. The molecular weight excluding hydrogens is 220 g/mol. The Morgan fingerprint density at radius 3 is 3.06 bits per heavy atom. The topological polar surface area (TPSA) is 76.4 Å². The van der Waals surface area contributed by atoms with E-state index in [0.29, 0.717) is 32.6 Å². The molecular formula is C11H16N4O2. The first-order chi connectivity index (χ1) is 8.17. The van der Waals surface area contributed by atoms with E-state index in [1.165, 1.54) is 0 Å². The molecule has 0 bridgehead atoms. The monoisotopic (exact) mass is 236 g/mol. The lowest BCUT2D eigenvalue weighted by Crippen LogP contribution is -2.54. The van der Waals surface area contributed by atoms with Crippen LogP contribution in [0.25, 0.3) is 0 Å². The van der Waals surface area contributed by atoms with Gasteiger partial charge in [-0.15, -0.1) is 0 Å². The molecule has 0 spiro atoms. The van der Waals surface area contributed by atoms with Crippen molar-refractivity contribution >= 4 is 11.9 Å². The smallest absolute Gasteiger partial charge is 0.317 e. The van der Waals surface area contributed by atoms with E-state index in [1.54, 1.807) is 9.80 Å². The molecule has 0 radical (unpaired) electrons. The highest BCUT2D eigenvalue weighted by Gasteiger charge is 2.37. The Hall–Kier alpha value is -1.77. The van der Waals surface area contributed by atoms with Gasteiger partial charge >= 0.3 is 6.03 Å². The first-order valence-corrected chi connectivity index (χ1v) is 5.90. The molecule has 1 N–H and O–H groups in total. The molecule has 0 aromatic heterocycles. The van der Waals surface area contributed by atoms with Crippen molar-refractivity contribution in [3.8, 4) is 6.07 Å². The zero-order valence-corrected chi connectivity index (χ0v) is 9.85. The summed E-state index contributed by atoms with van der Waals surface area (Å²) in [7, 11) is 0. The normalized spacial score (nSPS) is 24.9. The lowest BCUT2D eigenvalue weighted by Gasteiger charge is -2.37. The van der Waals surface area contributed by atoms with Crippen LogP contribution in [0.15, 0.2) is 0 Å². The van der Waals surface area contributed by atoms with E-state index in [2.05, 4.69) is 5.32 Å². The van der Waals surface area contributed by atoms with Crippen molar-refractivity contribution in [1.29, 1.82) is 5.26 Å². The molecule has 2 fully saturated rings. The highest BCUT2D eigenvalue weighted by Crippen LogP contribution is 2.16. The van der Waals surface area contributed by atoms with Crippen molar-refractivity contribution in [3.05, 3.63) is 0 Å². The fraction of sp³-hybridized carbons (Fsp3) is 0.727. The largest absolute Gasteiger partial charge is 0.338 e. The van der Waals surface area contributed by atoms with Gasteiger partial charge in [0.1, 0.15) is 5.92 Å². The molecule has 0 aromatic carbocycles. The Morgan fingerprint density at radius 1 is 1.65 bits per heavy atom. The van der Waals surface area contributed by atoms with Gasteiger partial charge in [-0.25, -0.2) is 4.79 Å². The van der Waals surface area contributed by atoms with Gasteiger partial charge in [0.2, 0.25) is 5.91 Å². The van der Waals surface area contributed by atoms with Crippen molar-refractivity contribution in [2.24, 2.45) is 5.92 Å². The molecule has 6 heteroatoms. The Balaban J connectivity index is 2.00. The summed E-state index contributed by atoms with van der Waals surface area (Å²) in [6.45, 7) is 4.05. The maximum Gasteiger partial charge on any atom is 0.317 e. The molecule has 0 aliphatic carbocycles. The van der Waals surface area contributed by atoms with Gasteiger partial charge < -0.3 is 15.1 Å². The third kappa shape index (κ3) is 2.05. The second-order valence-electron chi connectivity index (χ2n) is 4.41. The van der Waals surface area contributed by atoms with E-state index < -0.39 is 5.92 Å². The van der Waals surface area contributed by atoms with Crippen molar-refractivity contribution < 1.29 is 9.59 Å². The molecule has 92 valence electrons. The third-order valence-electron chi connectivity index (χ3n) is 3.41. The lowest BCUT2D eigenvalue weighted by atomic mass is 10.1. The second-order valence-corrected chi connectivity index (χ2v) is 4.41. The Bertz CT molecular complexity index is 376. The quantitative estimate of drug-likeness (QED) is 0.719. The highest BCUT2D eigenvalue weighted by molar-refractivity contribution is 5.82. The summed E-state index contributed by atoms with van der Waals surface area (Å²) in [5.41, 5.74) is 0. The Labute approximate surface area is 100 Å². The van der Waals surface area contributed by atoms with Crippen LogP contribution in [0.1, 0.15) is 13.3 Å². The number of carbonyl (C=O) groups excluding carboxylic acids is 2. The summed E-state index contributed by atoms with van der Waals surface area (Å²) in [6.07, 6.45) is 0.539. The molecule has 3 amide bonds. The summed E-state index contributed by atoms with van der Waals surface area (Å²) >= 11 is 0. The van der Waals surface area contributed by atoms with Gasteiger partial charge in [0.15, 0.2) is 0 Å². The first kappa shape index (κ1) is 11.7. The number of hydrogen-bond acceptors (Lipinski definition) is 3. The molecule has 0 aromatic rings. The van der Waals surface area contributed by atoms with Crippen molar-refractivity contribution in [2.45, 2.75) is 19.4 Å². The standard InChI is InChI=1S/C11H16N4O2/c1-2-8(5-12)10(16)14-3-4-15-9(7-14)6-13-11(15)17/h8-9H,2-4,6-7H2,1H3,(H,13,17). The van der Waals surface area contributed by atoms with E-state index in [0.717, 1.165) is 0 Å². The van der Waals surface area contributed by atoms with Crippen LogP contribution >= 0.6 is 0 Å². The first-order valence-electron chi connectivity index (χ1n) is 5.90. The number of carbonyl (C=O) groups is 2. The number of amides is 3. The van der Waals surface area contributed by atoms with Crippen LogP contribution in [0.5, 0.6) is 0 Å². The van der Waals surface area contributed by atoms with Gasteiger partial charge in [0.05, 0.1) is 12.1 Å². The van der Waals surface area contributed by atoms with Gasteiger partial charge in [-0.05, 0) is 6.42 Å². The summed E-state index contributed by atoms with van der Waals surface area (Å²) in [6, 6.07) is 2.05. The molecule has 17 heavy (non-hydrogen) atoms. The molecule has 2 heterocycles. The predicted octanol–water partition coefficient (Wildman–Crippen LogP) is -0.228. The van der Waals surface area contributed by atoms with E-state index >= 15 is 0 Å². The summed E-state index contributed by atoms with van der Waals surface area (Å²) < 4.78 is 0. The van der Waals surface area contributed by atoms with Crippen molar-refractivity contribution in [3.63, 3.8) is 0 Å².